The number of hydrogen-bond donors (Lipinski definition) is 0. The number of rotatable bonds is 6. The summed E-state index contributed by atoms with van der Waals surface area (Å²) in [4.78, 5) is 7.91. The molecule has 0 atom stereocenters. The van der Waals surface area contributed by atoms with Gasteiger partial charge in [0.1, 0.15) is 0 Å². The molecule has 4 heteroatoms. The normalized spacial score (nSPS) is 17.3. The highest BCUT2D eigenvalue weighted by Crippen LogP contribution is 2.56. The summed E-state index contributed by atoms with van der Waals surface area (Å²) in [6.45, 7) is 36.2. The zero-order chi connectivity index (χ0) is 53.6. The Morgan fingerprint density at radius 2 is 0.868 bits per heavy atom. The number of hydrogen-bond acceptors (Lipinski definition) is 3. The fraction of sp³-hybridized carbons (Fsp3) is 0.333. The fourth-order valence-electron chi connectivity index (χ4n) is 14.2. The molecular weight excluding hydrogens is 918 g/mol. The van der Waals surface area contributed by atoms with Crippen LogP contribution < -0.4 is 31.1 Å². The molecule has 12 rings (SSSR count). The first kappa shape index (κ1) is 50.1. The largest absolute Gasteiger partial charge is 0.311 e. The molecule has 8 aromatic rings. The molecule has 0 unspecified atom stereocenters. The highest BCUT2D eigenvalue weighted by atomic mass is 15.2. The SMILES string of the molecule is Cc1cc2c(cc1N1c3cc(C(C)(C)C)ccc3B3c4cc5c(cc4N(c4ccc(C(C)(C)C)cc4-c4ccccc4)c4cc(N(c6ccccc6)c6ccccc6)cc1c43)C(C)(C)CCC5(C)C)C(C)(C)CC2(C)C. The maximum Gasteiger partial charge on any atom is 0.252 e. The first-order chi connectivity index (χ1) is 35.8. The molecule has 0 fully saturated rings. The topological polar surface area (TPSA) is 9.72 Å². The lowest BCUT2D eigenvalue weighted by molar-refractivity contribution is 0.332. The number of anilines is 9. The van der Waals surface area contributed by atoms with Crippen LogP contribution in [0.15, 0.2) is 164 Å². The third-order valence-electron chi connectivity index (χ3n) is 18.3. The second-order valence-corrected chi connectivity index (χ2v) is 27.7. The van der Waals surface area contributed by atoms with E-state index < -0.39 is 0 Å². The van der Waals surface area contributed by atoms with E-state index in [1.807, 2.05) is 0 Å². The molecule has 384 valence electrons. The molecule has 0 aromatic heterocycles. The highest BCUT2D eigenvalue weighted by Gasteiger charge is 2.49. The molecule has 0 bridgehead atoms. The minimum Gasteiger partial charge on any atom is -0.311 e. The van der Waals surface area contributed by atoms with Gasteiger partial charge < -0.3 is 14.7 Å². The molecule has 0 amide bonds. The van der Waals surface area contributed by atoms with E-state index in [2.05, 4.69) is 282 Å². The summed E-state index contributed by atoms with van der Waals surface area (Å²) >= 11 is 0. The molecule has 3 nitrogen and oxygen atoms in total. The monoisotopic (exact) mass is 996 g/mol. The van der Waals surface area contributed by atoms with Crippen LogP contribution in [0.3, 0.4) is 0 Å². The van der Waals surface area contributed by atoms with Gasteiger partial charge in [0.2, 0.25) is 0 Å². The van der Waals surface area contributed by atoms with Gasteiger partial charge in [-0.1, -0.05) is 194 Å². The first-order valence-electron chi connectivity index (χ1n) is 28.2. The Labute approximate surface area is 456 Å². The van der Waals surface area contributed by atoms with Crippen molar-refractivity contribution in [3.63, 3.8) is 0 Å². The van der Waals surface area contributed by atoms with Gasteiger partial charge in [0.15, 0.2) is 0 Å². The molecule has 76 heavy (non-hydrogen) atoms. The summed E-state index contributed by atoms with van der Waals surface area (Å²) in [6, 6.07) is 63.7. The third-order valence-corrected chi connectivity index (χ3v) is 18.3. The van der Waals surface area contributed by atoms with Crippen LogP contribution in [0.5, 0.6) is 0 Å². The average Bonchev–Trinajstić information content (AvgIpc) is 3.66. The van der Waals surface area contributed by atoms with Crippen molar-refractivity contribution >= 4 is 74.3 Å². The molecule has 0 saturated heterocycles. The molecular formula is C72H78BN3. The second kappa shape index (κ2) is 17.1. The summed E-state index contributed by atoms with van der Waals surface area (Å²) in [5, 5.41) is 0. The second-order valence-electron chi connectivity index (χ2n) is 27.7. The van der Waals surface area contributed by atoms with Crippen LogP contribution >= 0.6 is 0 Å². The summed E-state index contributed by atoms with van der Waals surface area (Å²) in [5.74, 6) is 0. The standard InChI is InChI=1S/C72H78BN3/c1-46-37-54-57(72(14,15)45-71(54,12)13)43-61(46)76-62-39-49(68(5,6)7)31-33-58(62)73-59-42-55-56(70(10,11)36-35-69(55,8)9)44-63(59)75(60-34-32-48(67(2,3)4)38-53(60)47-25-19-16-20-26-47)64-40-52(41-65(76)66(64)73)74(50-27-21-17-22-28-50)51-29-23-18-24-30-51/h16-34,37-44H,35-36,45H2,1-15H3. The molecule has 2 heterocycles. The van der Waals surface area contributed by atoms with E-state index in [1.165, 1.54) is 101 Å². The Bertz CT molecular complexity index is 3570. The Kier molecular flexibility index (Phi) is 11.3. The van der Waals surface area contributed by atoms with Gasteiger partial charge >= 0.3 is 0 Å². The van der Waals surface area contributed by atoms with Crippen LogP contribution in [0.25, 0.3) is 11.1 Å². The highest BCUT2D eigenvalue weighted by molar-refractivity contribution is 7.00. The zero-order valence-electron chi connectivity index (χ0n) is 48.1. The quantitative estimate of drug-likeness (QED) is 0.154. The van der Waals surface area contributed by atoms with Crippen molar-refractivity contribution in [1.29, 1.82) is 0 Å². The molecule has 0 spiro atoms. The zero-order valence-corrected chi connectivity index (χ0v) is 48.1. The lowest BCUT2D eigenvalue weighted by atomic mass is 9.33. The van der Waals surface area contributed by atoms with Gasteiger partial charge in [-0.3, -0.25) is 0 Å². The van der Waals surface area contributed by atoms with Gasteiger partial charge in [0, 0.05) is 45.4 Å². The lowest BCUT2D eigenvalue weighted by Gasteiger charge is -2.48. The van der Waals surface area contributed by atoms with E-state index >= 15 is 0 Å². The molecule has 0 N–H and O–H groups in total. The average molecular weight is 996 g/mol. The lowest BCUT2D eigenvalue weighted by Crippen LogP contribution is -2.62. The van der Waals surface area contributed by atoms with Crippen LogP contribution in [0.1, 0.15) is 155 Å². The Morgan fingerprint density at radius 3 is 1.43 bits per heavy atom. The van der Waals surface area contributed by atoms with Crippen molar-refractivity contribution < 1.29 is 0 Å². The van der Waals surface area contributed by atoms with Crippen LogP contribution in [-0.4, -0.2) is 6.71 Å². The van der Waals surface area contributed by atoms with E-state index in [-0.39, 0.29) is 39.2 Å². The Hall–Kier alpha value is -6.78. The van der Waals surface area contributed by atoms with E-state index in [0.29, 0.717) is 0 Å². The first-order valence-corrected chi connectivity index (χ1v) is 28.2. The van der Waals surface area contributed by atoms with Gasteiger partial charge in [0.25, 0.3) is 6.71 Å². The maximum atomic E-state index is 2.71. The predicted molar refractivity (Wildman–Crippen MR) is 329 cm³/mol. The minimum atomic E-state index is -0.0760. The molecule has 0 saturated carbocycles. The number of para-hydroxylation sites is 2. The van der Waals surface area contributed by atoms with Crippen LogP contribution in [0, 0.1) is 6.92 Å². The van der Waals surface area contributed by atoms with Gasteiger partial charge in [-0.05, 0) is 186 Å². The fourth-order valence-corrected chi connectivity index (χ4v) is 14.2. The summed E-state index contributed by atoms with van der Waals surface area (Å²) in [5.41, 5.74) is 27.1. The predicted octanol–water partition coefficient (Wildman–Crippen LogP) is 18.1. The van der Waals surface area contributed by atoms with Crippen molar-refractivity contribution in [3.05, 3.63) is 203 Å². The number of nitrogens with zero attached hydrogens (tertiary/aromatic N) is 3. The number of aryl methyl sites for hydroxylation is 1. The van der Waals surface area contributed by atoms with Gasteiger partial charge in [-0.2, -0.15) is 0 Å². The van der Waals surface area contributed by atoms with Crippen molar-refractivity contribution in [1.82, 2.24) is 0 Å². The summed E-state index contributed by atoms with van der Waals surface area (Å²) < 4.78 is 0. The number of benzene rings is 8. The van der Waals surface area contributed by atoms with E-state index in [0.717, 1.165) is 36.3 Å². The maximum absolute atomic E-state index is 2.71. The van der Waals surface area contributed by atoms with Crippen molar-refractivity contribution in [2.75, 3.05) is 14.7 Å². The van der Waals surface area contributed by atoms with Gasteiger partial charge in [-0.15, -0.1) is 0 Å². The Morgan fingerprint density at radius 1 is 0.408 bits per heavy atom. The van der Waals surface area contributed by atoms with E-state index in [1.54, 1.807) is 0 Å². The third kappa shape index (κ3) is 7.98. The van der Waals surface area contributed by atoms with Gasteiger partial charge in [0.05, 0.1) is 11.4 Å². The summed E-state index contributed by atoms with van der Waals surface area (Å²) in [7, 11) is 0. The van der Waals surface area contributed by atoms with Crippen molar-refractivity contribution in [2.45, 2.75) is 156 Å². The molecule has 2 aliphatic heterocycles. The van der Waals surface area contributed by atoms with Crippen molar-refractivity contribution in [3.8, 4) is 11.1 Å². The summed E-state index contributed by atoms with van der Waals surface area (Å²) in [6.07, 6.45) is 3.40. The van der Waals surface area contributed by atoms with E-state index in [9.17, 15) is 0 Å². The van der Waals surface area contributed by atoms with Crippen LogP contribution in [-0.2, 0) is 32.5 Å². The molecule has 4 aliphatic rings. The van der Waals surface area contributed by atoms with Crippen molar-refractivity contribution in [2.24, 2.45) is 0 Å². The molecule has 8 aromatic carbocycles. The molecule has 0 radical (unpaired) electrons. The number of fused-ring (bicyclic) bond motifs is 6. The van der Waals surface area contributed by atoms with Crippen LogP contribution in [0.4, 0.5) is 51.2 Å². The van der Waals surface area contributed by atoms with Crippen LogP contribution in [0.2, 0.25) is 0 Å². The molecule has 2 aliphatic carbocycles. The smallest absolute Gasteiger partial charge is 0.252 e. The van der Waals surface area contributed by atoms with Gasteiger partial charge in [-0.25, -0.2) is 0 Å². The Balaban J connectivity index is 1.28. The van der Waals surface area contributed by atoms with E-state index in [4.69, 9.17) is 0 Å². The minimum absolute atomic E-state index is 0.00877.